The fourth-order valence-corrected chi connectivity index (χ4v) is 0.759. The first kappa shape index (κ1) is 18.0. The van der Waals surface area contributed by atoms with Crippen LogP contribution < -0.4 is 5.73 Å². The summed E-state index contributed by atoms with van der Waals surface area (Å²) in [5.41, 5.74) is 4.21. The summed E-state index contributed by atoms with van der Waals surface area (Å²) in [6.45, 7) is 9.55. The first-order valence-corrected chi connectivity index (χ1v) is 5.29. The highest BCUT2D eigenvalue weighted by molar-refractivity contribution is 5.73. The van der Waals surface area contributed by atoms with Gasteiger partial charge in [-0.3, -0.25) is 9.59 Å². The Labute approximate surface area is 103 Å². The second-order valence-corrected chi connectivity index (χ2v) is 4.53. The van der Waals surface area contributed by atoms with Gasteiger partial charge in [0.25, 0.3) is 0 Å². The Bertz CT molecular complexity index is 245. The molecule has 1 rings (SSSR count). The van der Waals surface area contributed by atoms with Crippen molar-refractivity contribution in [3.63, 3.8) is 0 Å². The molecule has 1 fully saturated rings. The molecule has 1 aliphatic rings. The van der Waals surface area contributed by atoms with E-state index in [4.69, 9.17) is 14.6 Å². The van der Waals surface area contributed by atoms with Crippen LogP contribution in [0, 0.1) is 11.8 Å². The maximum absolute atomic E-state index is 10.1. The molecule has 3 N–H and O–H groups in total. The molecule has 0 aromatic carbocycles. The van der Waals surface area contributed by atoms with Crippen molar-refractivity contribution in [1.82, 2.24) is 0 Å². The summed E-state index contributed by atoms with van der Waals surface area (Å²) in [5.74, 6) is -0.546. The molecule has 5 heteroatoms. The van der Waals surface area contributed by atoms with Crippen molar-refractivity contribution in [1.29, 1.82) is 0 Å². The SMILES string of the molecule is C=CC1CC1C(=O)O.COC(C)(C)C.NC=O. The number of hydrogen-bond donors (Lipinski definition) is 2. The number of carboxylic acids is 1. The zero-order chi connectivity index (χ0) is 14.1. The fraction of sp³-hybridized carbons (Fsp3) is 0.667. The molecule has 0 spiro atoms. The summed E-state index contributed by atoms with van der Waals surface area (Å²) >= 11 is 0. The van der Waals surface area contributed by atoms with Crippen LogP contribution in [0.5, 0.6) is 0 Å². The monoisotopic (exact) mass is 245 g/mol. The smallest absolute Gasteiger partial charge is 0.307 e. The Morgan fingerprint density at radius 1 is 1.53 bits per heavy atom. The summed E-state index contributed by atoms with van der Waals surface area (Å²) in [6.07, 6.45) is 2.75. The van der Waals surface area contributed by atoms with E-state index in [0.29, 0.717) is 0 Å². The molecule has 0 bridgehead atoms. The van der Waals surface area contributed by atoms with Gasteiger partial charge in [-0.1, -0.05) is 6.08 Å². The molecule has 17 heavy (non-hydrogen) atoms. The molecule has 1 amide bonds. The number of carboxylic acid groups (broad SMARTS) is 1. The van der Waals surface area contributed by atoms with Crippen molar-refractivity contribution >= 4 is 12.4 Å². The summed E-state index contributed by atoms with van der Waals surface area (Å²) in [7, 11) is 1.71. The number of ether oxygens (including phenoxy) is 1. The van der Waals surface area contributed by atoms with Crippen LogP contribution in [-0.2, 0) is 14.3 Å². The summed E-state index contributed by atoms with van der Waals surface area (Å²) < 4.78 is 4.94. The third-order valence-electron chi connectivity index (χ3n) is 2.07. The van der Waals surface area contributed by atoms with Crippen LogP contribution in [0.1, 0.15) is 27.2 Å². The van der Waals surface area contributed by atoms with Gasteiger partial charge < -0.3 is 15.6 Å². The topological polar surface area (TPSA) is 89.6 Å². The van der Waals surface area contributed by atoms with Crippen molar-refractivity contribution in [3.05, 3.63) is 12.7 Å². The van der Waals surface area contributed by atoms with E-state index in [0.717, 1.165) is 6.42 Å². The minimum atomic E-state index is -0.685. The molecule has 0 heterocycles. The number of primary amides is 1. The van der Waals surface area contributed by atoms with Gasteiger partial charge in [-0.2, -0.15) is 0 Å². The molecular weight excluding hydrogens is 222 g/mol. The summed E-state index contributed by atoms with van der Waals surface area (Å²) in [5, 5.41) is 8.31. The van der Waals surface area contributed by atoms with Gasteiger partial charge in [0.2, 0.25) is 6.41 Å². The highest BCUT2D eigenvalue weighted by Gasteiger charge is 2.40. The number of rotatable bonds is 2. The van der Waals surface area contributed by atoms with E-state index in [1.54, 1.807) is 13.2 Å². The van der Waals surface area contributed by atoms with E-state index in [9.17, 15) is 4.79 Å². The number of methoxy groups -OCH3 is 1. The van der Waals surface area contributed by atoms with Crippen LogP contribution in [0.15, 0.2) is 12.7 Å². The lowest BCUT2D eigenvalue weighted by molar-refractivity contribution is -0.138. The highest BCUT2D eigenvalue weighted by Crippen LogP contribution is 2.38. The maximum Gasteiger partial charge on any atom is 0.307 e. The molecule has 2 unspecified atom stereocenters. The number of amides is 1. The molecule has 0 radical (unpaired) electrons. The van der Waals surface area contributed by atoms with E-state index < -0.39 is 5.97 Å². The number of carbonyl (C=O) groups excluding carboxylic acids is 1. The molecule has 1 saturated carbocycles. The average Bonchev–Trinajstić information content (AvgIpc) is 2.97. The Hall–Kier alpha value is -1.36. The number of aliphatic carboxylic acids is 1. The van der Waals surface area contributed by atoms with Crippen LogP contribution in [0.2, 0.25) is 0 Å². The van der Waals surface area contributed by atoms with Crippen molar-refractivity contribution in [2.75, 3.05) is 7.11 Å². The number of carbonyl (C=O) groups is 2. The third kappa shape index (κ3) is 12.6. The van der Waals surface area contributed by atoms with E-state index in [2.05, 4.69) is 12.3 Å². The van der Waals surface area contributed by atoms with Gasteiger partial charge in [0.1, 0.15) is 0 Å². The minimum absolute atomic E-state index is 0.0417. The standard InChI is InChI=1S/C6H8O2.C5H12O.CH3NO/c1-2-4-3-5(4)6(7)8;1-5(2,3)6-4;2-1-3/h2,4-5H,1,3H2,(H,7,8);1-4H3;1H,(H2,2,3). The van der Waals surface area contributed by atoms with Gasteiger partial charge in [-0.15, -0.1) is 6.58 Å². The van der Waals surface area contributed by atoms with Crippen LogP contribution >= 0.6 is 0 Å². The first-order valence-electron chi connectivity index (χ1n) is 5.29. The quantitative estimate of drug-likeness (QED) is 0.569. The summed E-state index contributed by atoms with van der Waals surface area (Å²) in [6, 6.07) is 0. The second kappa shape index (κ2) is 8.75. The van der Waals surface area contributed by atoms with Gasteiger partial charge in [0.15, 0.2) is 0 Å². The molecule has 0 aliphatic heterocycles. The maximum atomic E-state index is 10.1. The molecule has 2 atom stereocenters. The van der Waals surface area contributed by atoms with Crippen LogP contribution in [-0.4, -0.2) is 30.2 Å². The lowest BCUT2D eigenvalue weighted by Crippen LogP contribution is -2.15. The van der Waals surface area contributed by atoms with Crippen molar-refractivity contribution in [2.24, 2.45) is 17.6 Å². The van der Waals surface area contributed by atoms with Gasteiger partial charge in [0, 0.05) is 7.11 Å². The van der Waals surface area contributed by atoms with Gasteiger partial charge in [0.05, 0.1) is 11.5 Å². The lowest BCUT2D eigenvalue weighted by Gasteiger charge is -2.14. The van der Waals surface area contributed by atoms with Gasteiger partial charge >= 0.3 is 5.97 Å². The van der Waals surface area contributed by atoms with Crippen LogP contribution in [0.25, 0.3) is 0 Å². The molecule has 5 nitrogen and oxygen atoms in total. The zero-order valence-electron chi connectivity index (χ0n) is 11.0. The van der Waals surface area contributed by atoms with E-state index in [-0.39, 0.29) is 23.8 Å². The fourth-order valence-electron chi connectivity index (χ4n) is 0.759. The van der Waals surface area contributed by atoms with Crippen LogP contribution in [0.4, 0.5) is 0 Å². The highest BCUT2D eigenvalue weighted by atomic mass is 16.5. The second-order valence-electron chi connectivity index (χ2n) is 4.53. The van der Waals surface area contributed by atoms with Gasteiger partial charge in [-0.05, 0) is 33.1 Å². The minimum Gasteiger partial charge on any atom is -0.481 e. The van der Waals surface area contributed by atoms with E-state index in [1.165, 1.54) is 0 Å². The number of nitrogens with two attached hydrogens (primary N) is 1. The van der Waals surface area contributed by atoms with Crippen molar-refractivity contribution < 1.29 is 19.4 Å². The van der Waals surface area contributed by atoms with Crippen molar-refractivity contribution in [2.45, 2.75) is 32.8 Å². The predicted molar refractivity (Wildman–Crippen MR) is 66.4 cm³/mol. The average molecular weight is 245 g/mol. The molecule has 0 saturated heterocycles. The first-order chi connectivity index (χ1) is 7.73. The van der Waals surface area contributed by atoms with E-state index in [1.807, 2.05) is 20.8 Å². The van der Waals surface area contributed by atoms with Gasteiger partial charge in [-0.25, -0.2) is 0 Å². The van der Waals surface area contributed by atoms with Crippen LogP contribution in [0.3, 0.4) is 0 Å². The normalized spacial score (nSPS) is 20.9. The molecular formula is C12H23NO4. The molecule has 100 valence electrons. The third-order valence-corrected chi connectivity index (χ3v) is 2.07. The molecule has 0 aromatic heterocycles. The van der Waals surface area contributed by atoms with E-state index >= 15 is 0 Å². The Morgan fingerprint density at radius 3 is 1.94 bits per heavy atom. The molecule has 1 aliphatic carbocycles. The Morgan fingerprint density at radius 2 is 1.88 bits per heavy atom. The predicted octanol–water partition coefficient (Wildman–Crippen LogP) is 1.43. The number of hydrogen-bond acceptors (Lipinski definition) is 3. The Kier molecular flexibility index (Phi) is 9.28. The summed E-state index contributed by atoms with van der Waals surface area (Å²) in [4.78, 5) is 18.7. The van der Waals surface area contributed by atoms with Crippen molar-refractivity contribution in [3.8, 4) is 0 Å². The Balaban J connectivity index is 0. The lowest BCUT2D eigenvalue weighted by atomic mass is 10.2. The zero-order valence-corrected chi connectivity index (χ0v) is 11.0. The molecule has 0 aromatic rings. The number of allylic oxidation sites excluding steroid dienone is 1. The largest absolute Gasteiger partial charge is 0.481 e.